The fraction of sp³-hybridized carbons (Fsp3) is 0.308. The number of hydrogen-bond acceptors (Lipinski definition) is 3. The second-order valence-electron chi connectivity index (χ2n) is 8.40. The van der Waals surface area contributed by atoms with Crippen LogP contribution in [0, 0.1) is 13.8 Å². The molecule has 0 unspecified atom stereocenters. The number of carbonyl (C=O) groups is 2. The number of amides is 3. The Hall–Kier alpha value is -3.12. The minimum Gasteiger partial charge on any atom is -0.332 e. The summed E-state index contributed by atoms with van der Waals surface area (Å²) in [7, 11) is 0. The van der Waals surface area contributed by atoms with Gasteiger partial charge < -0.3 is 15.1 Å². The van der Waals surface area contributed by atoms with Crippen LogP contribution in [0.3, 0.4) is 0 Å². The molecule has 2 aromatic carbocycles. The monoisotopic (exact) mass is 447 g/mol. The topological polar surface area (TPSA) is 52.7 Å². The number of hydrogen-bond donors (Lipinski definition) is 1. The number of carbonyl (C=O) groups excluding carboxylic acids is 2. The summed E-state index contributed by atoms with van der Waals surface area (Å²) in [5.41, 5.74) is 4.15. The number of nitrogens with one attached hydrogen (secondary N) is 1. The van der Waals surface area contributed by atoms with Crippen LogP contribution in [-0.2, 0) is 17.9 Å². The van der Waals surface area contributed by atoms with Gasteiger partial charge in [0, 0.05) is 23.2 Å². The maximum absolute atomic E-state index is 13.4. The number of thiophene rings is 1. The van der Waals surface area contributed by atoms with E-state index in [-0.39, 0.29) is 24.5 Å². The molecule has 0 aliphatic heterocycles. The predicted molar refractivity (Wildman–Crippen MR) is 130 cm³/mol. The smallest absolute Gasteiger partial charge is 0.322 e. The van der Waals surface area contributed by atoms with E-state index < -0.39 is 0 Å². The van der Waals surface area contributed by atoms with Gasteiger partial charge in [0.2, 0.25) is 5.91 Å². The molecule has 0 atom stereocenters. The van der Waals surface area contributed by atoms with E-state index in [0.29, 0.717) is 13.1 Å². The molecule has 4 rings (SSSR count). The molecule has 0 spiro atoms. The molecule has 5 nitrogen and oxygen atoms in total. The second-order valence-corrected chi connectivity index (χ2v) is 9.44. The standard InChI is InChI=1S/C26H29N3O2S/c1-19-10-11-22(15-20(19)2)27-26(31)29(23-12-13-23)18-25(30)28(17-24-9-6-14-32-24)16-21-7-4-3-5-8-21/h3-11,14-15,23H,12-13,16-18H2,1-2H3,(H,27,31). The second kappa shape index (κ2) is 10.0. The molecule has 1 saturated carbocycles. The Morgan fingerprint density at radius 2 is 1.75 bits per heavy atom. The number of aryl methyl sites for hydroxylation is 2. The molecule has 166 valence electrons. The van der Waals surface area contributed by atoms with Crippen LogP contribution in [0.15, 0.2) is 66.0 Å². The third kappa shape index (κ3) is 5.77. The highest BCUT2D eigenvalue weighted by Crippen LogP contribution is 2.28. The Bertz CT molecular complexity index is 1060. The van der Waals surface area contributed by atoms with E-state index in [0.717, 1.165) is 34.5 Å². The zero-order valence-corrected chi connectivity index (χ0v) is 19.4. The third-order valence-corrected chi connectivity index (χ3v) is 6.67. The summed E-state index contributed by atoms with van der Waals surface area (Å²) < 4.78 is 0. The van der Waals surface area contributed by atoms with E-state index in [1.807, 2.05) is 84.8 Å². The van der Waals surface area contributed by atoms with E-state index in [9.17, 15) is 9.59 Å². The summed E-state index contributed by atoms with van der Waals surface area (Å²) in [5, 5.41) is 5.01. The van der Waals surface area contributed by atoms with E-state index in [2.05, 4.69) is 5.32 Å². The summed E-state index contributed by atoms with van der Waals surface area (Å²) in [6, 6.07) is 19.8. The summed E-state index contributed by atoms with van der Waals surface area (Å²) in [5.74, 6) is -0.0376. The first-order valence-electron chi connectivity index (χ1n) is 11.0. The van der Waals surface area contributed by atoms with Crippen LogP contribution in [0.25, 0.3) is 0 Å². The fourth-order valence-electron chi connectivity index (χ4n) is 3.64. The summed E-state index contributed by atoms with van der Waals surface area (Å²) in [4.78, 5) is 31.1. The number of anilines is 1. The van der Waals surface area contributed by atoms with Gasteiger partial charge in [-0.05, 0) is 67.0 Å². The van der Waals surface area contributed by atoms with Crippen LogP contribution in [0.5, 0.6) is 0 Å². The summed E-state index contributed by atoms with van der Waals surface area (Å²) >= 11 is 1.64. The van der Waals surface area contributed by atoms with Gasteiger partial charge in [0.1, 0.15) is 6.54 Å². The van der Waals surface area contributed by atoms with E-state index in [1.165, 1.54) is 5.56 Å². The van der Waals surface area contributed by atoms with Crippen molar-refractivity contribution < 1.29 is 9.59 Å². The first-order chi connectivity index (χ1) is 15.5. The number of rotatable bonds is 8. The molecule has 1 aromatic heterocycles. The third-order valence-electron chi connectivity index (χ3n) is 5.81. The van der Waals surface area contributed by atoms with E-state index in [4.69, 9.17) is 0 Å². The first-order valence-corrected chi connectivity index (χ1v) is 11.9. The molecule has 3 amide bonds. The van der Waals surface area contributed by atoms with Crippen molar-refractivity contribution in [3.8, 4) is 0 Å². The molecule has 32 heavy (non-hydrogen) atoms. The van der Waals surface area contributed by atoms with Gasteiger partial charge in [0.05, 0.1) is 6.54 Å². The molecule has 1 fully saturated rings. The van der Waals surface area contributed by atoms with Gasteiger partial charge in [-0.2, -0.15) is 0 Å². The average molecular weight is 448 g/mol. The average Bonchev–Trinajstić information content (AvgIpc) is 3.50. The molecule has 1 aliphatic rings. The number of benzene rings is 2. The Morgan fingerprint density at radius 1 is 0.969 bits per heavy atom. The summed E-state index contributed by atoms with van der Waals surface area (Å²) in [6.45, 7) is 5.22. The summed E-state index contributed by atoms with van der Waals surface area (Å²) in [6.07, 6.45) is 1.88. The van der Waals surface area contributed by atoms with Crippen molar-refractivity contribution in [3.63, 3.8) is 0 Å². The molecule has 0 saturated heterocycles. The quantitative estimate of drug-likeness (QED) is 0.489. The lowest BCUT2D eigenvalue weighted by molar-refractivity contribution is -0.133. The zero-order chi connectivity index (χ0) is 22.5. The van der Waals surface area contributed by atoms with Crippen molar-refractivity contribution in [2.24, 2.45) is 0 Å². The molecular weight excluding hydrogens is 418 g/mol. The molecular formula is C26H29N3O2S. The van der Waals surface area contributed by atoms with E-state index in [1.54, 1.807) is 16.2 Å². The minimum absolute atomic E-state index is 0.0376. The molecule has 0 radical (unpaired) electrons. The predicted octanol–water partition coefficient (Wildman–Crippen LogP) is 5.59. The number of urea groups is 1. The van der Waals surface area contributed by atoms with Gasteiger partial charge in [-0.15, -0.1) is 11.3 Å². The molecule has 0 bridgehead atoms. The van der Waals surface area contributed by atoms with Gasteiger partial charge in [-0.1, -0.05) is 42.5 Å². The van der Waals surface area contributed by atoms with Crippen molar-refractivity contribution in [2.75, 3.05) is 11.9 Å². The van der Waals surface area contributed by atoms with Gasteiger partial charge in [-0.3, -0.25) is 4.79 Å². The fourth-order valence-corrected chi connectivity index (χ4v) is 4.36. The van der Waals surface area contributed by atoms with Gasteiger partial charge >= 0.3 is 6.03 Å². The Kier molecular flexibility index (Phi) is 6.90. The van der Waals surface area contributed by atoms with Crippen LogP contribution in [0.4, 0.5) is 10.5 Å². The van der Waals surface area contributed by atoms with Gasteiger partial charge in [-0.25, -0.2) is 4.79 Å². The lowest BCUT2D eigenvalue weighted by Crippen LogP contribution is -2.45. The minimum atomic E-state index is -0.208. The van der Waals surface area contributed by atoms with Crippen LogP contribution < -0.4 is 5.32 Å². The highest BCUT2D eigenvalue weighted by molar-refractivity contribution is 7.09. The Morgan fingerprint density at radius 3 is 2.41 bits per heavy atom. The lowest BCUT2D eigenvalue weighted by atomic mass is 10.1. The molecule has 1 heterocycles. The largest absolute Gasteiger partial charge is 0.332 e. The van der Waals surface area contributed by atoms with Crippen molar-refractivity contribution in [3.05, 3.63) is 87.6 Å². The SMILES string of the molecule is Cc1ccc(NC(=O)N(CC(=O)N(Cc2ccccc2)Cc2cccs2)C2CC2)cc1C. The Balaban J connectivity index is 1.47. The molecule has 1 N–H and O–H groups in total. The zero-order valence-electron chi connectivity index (χ0n) is 18.6. The maximum atomic E-state index is 13.4. The lowest BCUT2D eigenvalue weighted by Gasteiger charge is -2.28. The van der Waals surface area contributed by atoms with Crippen molar-refractivity contribution in [1.82, 2.24) is 9.80 Å². The maximum Gasteiger partial charge on any atom is 0.322 e. The Labute approximate surface area is 193 Å². The van der Waals surface area contributed by atoms with Crippen molar-refractivity contribution in [1.29, 1.82) is 0 Å². The van der Waals surface area contributed by atoms with Gasteiger partial charge in [0.25, 0.3) is 0 Å². The van der Waals surface area contributed by atoms with Crippen LogP contribution in [0.2, 0.25) is 0 Å². The normalized spacial score (nSPS) is 12.9. The molecule has 1 aliphatic carbocycles. The highest BCUT2D eigenvalue weighted by atomic mass is 32.1. The molecule has 6 heteroatoms. The van der Waals surface area contributed by atoms with E-state index >= 15 is 0 Å². The molecule has 3 aromatic rings. The van der Waals surface area contributed by atoms with Gasteiger partial charge in [0.15, 0.2) is 0 Å². The van der Waals surface area contributed by atoms with Crippen molar-refractivity contribution in [2.45, 2.75) is 45.8 Å². The number of nitrogens with zero attached hydrogens (tertiary/aromatic N) is 2. The van der Waals surface area contributed by atoms with Crippen LogP contribution >= 0.6 is 11.3 Å². The highest BCUT2D eigenvalue weighted by Gasteiger charge is 2.35. The first kappa shape index (κ1) is 22.1. The van der Waals surface area contributed by atoms with Crippen LogP contribution in [-0.4, -0.2) is 34.3 Å². The van der Waals surface area contributed by atoms with Crippen molar-refractivity contribution >= 4 is 29.0 Å². The van der Waals surface area contributed by atoms with Crippen LogP contribution in [0.1, 0.15) is 34.4 Å².